The molecule has 3 rings (SSSR count). The van der Waals surface area contributed by atoms with Crippen LogP contribution in [0.15, 0.2) is 59.2 Å². The van der Waals surface area contributed by atoms with E-state index in [1.54, 1.807) is 0 Å². The molecule has 2 N–H and O–H groups in total. The average molecular weight is 384 g/mol. The predicted molar refractivity (Wildman–Crippen MR) is 115 cm³/mol. The summed E-state index contributed by atoms with van der Waals surface area (Å²) >= 11 is 13.2. The van der Waals surface area contributed by atoms with Crippen molar-refractivity contribution >= 4 is 34.5 Å². The number of halogens is 2. The summed E-state index contributed by atoms with van der Waals surface area (Å²) in [6.07, 6.45) is 5.44. The lowest BCUT2D eigenvalue weighted by atomic mass is 9.86. The summed E-state index contributed by atoms with van der Waals surface area (Å²) < 4.78 is 0. The molecule has 0 spiro atoms. The Morgan fingerprint density at radius 2 is 1.38 bits per heavy atom. The molecule has 0 radical (unpaired) electrons. The number of nitrogen functional groups attached to an aromatic ring is 1. The number of hydrogen-bond donors (Lipinski definition) is 1. The van der Waals surface area contributed by atoms with Crippen molar-refractivity contribution in [2.45, 2.75) is 34.1 Å². The summed E-state index contributed by atoms with van der Waals surface area (Å²) in [5.41, 5.74) is 15.9. The van der Waals surface area contributed by atoms with Crippen LogP contribution in [-0.2, 0) is 0 Å². The van der Waals surface area contributed by atoms with Crippen LogP contribution in [0.25, 0.3) is 5.57 Å². The van der Waals surface area contributed by atoms with E-state index in [4.69, 9.17) is 28.9 Å². The molecule has 1 nitrogen and oxygen atoms in total. The van der Waals surface area contributed by atoms with Crippen molar-refractivity contribution < 1.29 is 0 Å². The number of anilines is 1. The van der Waals surface area contributed by atoms with Crippen molar-refractivity contribution in [1.82, 2.24) is 0 Å². The Hall–Kier alpha value is -1.96. The van der Waals surface area contributed by atoms with E-state index in [2.05, 4.69) is 38.1 Å². The summed E-state index contributed by atoms with van der Waals surface area (Å²) in [7, 11) is 0. The SMILES string of the molecule is CC1=CC(=C(c2cc(C)c(N)c(C)c2)c2c(Cl)cccc2Cl)C=C(C)C1. The normalized spacial score (nSPS) is 14.2. The number of aryl methyl sites for hydroxylation is 2. The molecule has 2 aromatic rings. The molecule has 0 saturated heterocycles. The van der Waals surface area contributed by atoms with Gasteiger partial charge >= 0.3 is 0 Å². The lowest BCUT2D eigenvalue weighted by Gasteiger charge is -2.20. The van der Waals surface area contributed by atoms with Gasteiger partial charge in [-0.3, -0.25) is 0 Å². The fourth-order valence-electron chi connectivity index (χ4n) is 3.57. The molecule has 0 aromatic heterocycles. The van der Waals surface area contributed by atoms with Crippen LogP contribution in [0.1, 0.15) is 42.5 Å². The Morgan fingerprint density at radius 1 is 0.885 bits per heavy atom. The third-order valence-corrected chi connectivity index (χ3v) is 5.38. The molecule has 0 unspecified atom stereocenters. The molecule has 2 aromatic carbocycles. The monoisotopic (exact) mass is 383 g/mol. The Kier molecular flexibility index (Phi) is 5.32. The zero-order chi connectivity index (χ0) is 19.0. The van der Waals surface area contributed by atoms with Gasteiger partial charge in [-0.05, 0) is 86.2 Å². The molecule has 0 bridgehead atoms. The van der Waals surface area contributed by atoms with Crippen molar-refractivity contribution in [1.29, 1.82) is 0 Å². The van der Waals surface area contributed by atoms with Gasteiger partial charge in [0, 0.05) is 21.3 Å². The molecule has 0 saturated carbocycles. The quantitative estimate of drug-likeness (QED) is 0.541. The Bertz CT molecular complexity index is 914. The molecule has 0 heterocycles. The van der Waals surface area contributed by atoms with Crippen LogP contribution in [-0.4, -0.2) is 0 Å². The Balaban J connectivity index is 2.41. The molecular weight excluding hydrogens is 361 g/mol. The van der Waals surface area contributed by atoms with Gasteiger partial charge in [0.25, 0.3) is 0 Å². The lowest BCUT2D eigenvalue weighted by Crippen LogP contribution is -2.01. The van der Waals surface area contributed by atoms with Crippen molar-refractivity contribution in [3.8, 4) is 0 Å². The van der Waals surface area contributed by atoms with Gasteiger partial charge < -0.3 is 5.73 Å². The maximum Gasteiger partial charge on any atom is 0.0499 e. The summed E-state index contributed by atoms with van der Waals surface area (Å²) in [5.74, 6) is 0. The van der Waals surface area contributed by atoms with Gasteiger partial charge in [0.15, 0.2) is 0 Å². The van der Waals surface area contributed by atoms with Crippen LogP contribution < -0.4 is 5.73 Å². The predicted octanol–water partition coefficient (Wildman–Crippen LogP) is 7.29. The second kappa shape index (κ2) is 7.34. The molecule has 0 fully saturated rings. The van der Waals surface area contributed by atoms with Gasteiger partial charge in [0.2, 0.25) is 0 Å². The van der Waals surface area contributed by atoms with Crippen molar-refractivity contribution in [3.63, 3.8) is 0 Å². The topological polar surface area (TPSA) is 26.0 Å². The fraction of sp³-hybridized carbons (Fsp3) is 0.217. The summed E-state index contributed by atoms with van der Waals surface area (Å²) in [4.78, 5) is 0. The van der Waals surface area contributed by atoms with E-state index < -0.39 is 0 Å². The zero-order valence-electron chi connectivity index (χ0n) is 15.6. The first-order valence-corrected chi connectivity index (χ1v) is 9.43. The summed E-state index contributed by atoms with van der Waals surface area (Å²) in [6, 6.07) is 9.88. The van der Waals surface area contributed by atoms with Gasteiger partial charge in [-0.1, -0.05) is 52.6 Å². The van der Waals surface area contributed by atoms with E-state index in [9.17, 15) is 0 Å². The van der Waals surface area contributed by atoms with E-state index in [-0.39, 0.29) is 0 Å². The highest BCUT2D eigenvalue weighted by molar-refractivity contribution is 6.38. The Morgan fingerprint density at radius 3 is 1.88 bits per heavy atom. The zero-order valence-corrected chi connectivity index (χ0v) is 17.1. The Labute approximate surface area is 165 Å². The molecule has 1 aliphatic rings. The van der Waals surface area contributed by atoms with E-state index >= 15 is 0 Å². The van der Waals surface area contributed by atoms with Crippen LogP contribution >= 0.6 is 23.2 Å². The number of benzene rings is 2. The third kappa shape index (κ3) is 3.60. The number of nitrogens with two attached hydrogens (primary N) is 1. The van der Waals surface area contributed by atoms with Crippen LogP contribution in [0.3, 0.4) is 0 Å². The van der Waals surface area contributed by atoms with Crippen molar-refractivity contribution in [3.05, 3.63) is 91.5 Å². The van der Waals surface area contributed by atoms with Gasteiger partial charge in [-0.25, -0.2) is 0 Å². The highest BCUT2D eigenvalue weighted by Crippen LogP contribution is 2.40. The molecule has 0 aliphatic heterocycles. The van der Waals surface area contributed by atoms with Gasteiger partial charge in [0.05, 0.1) is 0 Å². The first-order valence-electron chi connectivity index (χ1n) is 8.68. The van der Waals surface area contributed by atoms with Crippen molar-refractivity contribution in [2.75, 3.05) is 5.73 Å². The summed E-state index contributed by atoms with van der Waals surface area (Å²) in [5, 5.41) is 1.30. The number of rotatable bonds is 2. The highest BCUT2D eigenvalue weighted by atomic mass is 35.5. The van der Waals surface area contributed by atoms with Crippen LogP contribution in [0.5, 0.6) is 0 Å². The van der Waals surface area contributed by atoms with Gasteiger partial charge in [-0.2, -0.15) is 0 Å². The minimum absolute atomic E-state index is 0.648. The first-order chi connectivity index (χ1) is 12.3. The third-order valence-electron chi connectivity index (χ3n) is 4.75. The molecule has 26 heavy (non-hydrogen) atoms. The van der Waals surface area contributed by atoms with Crippen LogP contribution in [0.4, 0.5) is 5.69 Å². The standard InChI is InChI=1S/C23H23Cl2N/c1-13-8-14(2)10-17(9-13)21(22-19(24)6-5-7-20(22)25)18-11-15(3)23(26)16(4)12-18/h5-7,9-12H,8,26H2,1-4H3. The van der Waals surface area contributed by atoms with Crippen LogP contribution in [0, 0.1) is 13.8 Å². The van der Waals surface area contributed by atoms with Gasteiger partial charge in [0.1, 0.15) is 0 Å². The fourth-order valence-corrected chi connectivity index (χ4v) is 4.16. The molecule has 3 heteroatoms. The minimum Gasteiger partial charge on any atom is -0.398 e. The molecule has 0 amide bonds. The molecule has 134 valence electrons. The number of hydrogen-bond acceptors (Lipinski definition) is 1. The number of allylic oxidation sites excluding steroid dienone is 5. The van der Waals surface area contributed by atoms with Crippen LogP contribution in [0.2, 0.25) is 10.0 Å². The van der Waals surface area contributed by atoms with Gasteiger partial charge in [-0.15, -0.1) is 0 Å². The second-order valence-electron chi connectivity index (χ2n) is 7.11. The first kappa shape index (κ1) is 18.8. The largest absolute Gasteiger partial charge is 0.398 e. The molecule has 0 atom stereocenters. The lowest BCUT2D eigenvalue weighted by molar-refractivity contribution is 1.08. The second-order valence-corrected chi connectivity index (χ2v) is 7.92. The van der Waals surface area contributed by atoms with E-state index in [1.807, 2.05) is 32.0 Å². The summed E-state index contributed by atoms with van der Waals surface area (Å²) in [6.45, 7) is 8.38. The van der Waals surface area contributed by atoms with E-state index in [0.29, 0.717) is 10.0 Å². The smallest absolute Gasteiger partial charge is 0.0499 e. The van der Waals surface area contributed by atoms with Crippen molar-refractivity contribution in [2.24, 2.45) is 0 Å². The average Bonchev–Trinajstić information content (AvgIpc) is 2.54. The highest BCUT2D eigenvalue weighted by Gasteiger charge is 2.19. The maximum absolute atomic E-state index is 6.59. The van der Waals surface area contributed by atoms with E-state index in [0.717, 1.165) is 45.5 Å². The molecule has 1 aliphatic carbocycles. The molecular formula is C23H23Cl2N. The minimum atomic E-state index is 0.648. The van der Waals surface area contributed by atoms with E-state index in [1.165, 1.54) is 11.1 Å². The maximum atomic E-state index is 6.59.